The highest BCUT2D eigenvalue weighted by atomic mass is 19.3. The van der Waals surface area contributed by atoms with Gasteiger partial charge in [-0.2, -0.15) is 0 Å². The maximum Gasteiger partial charge on any atom is 0.280 e. The van der Waals surface area contributed by atoms with Crippen LogP contribution >= 0.6 is 0 Å². The molecule has 0 radical (unpaired) electrons. The number of ether oxygens (including phenoxy) is 1. The monoisotopic (exact) mass is 203 g/mol. The van der Waals surface area contributed by atoms with Crippen molar-refractivity contribution in [2.45, 2.75) is 20.0 Å². The van der Waals surface area contributed by atoms with E-state index in [0.29, 0.717) is 11.3 Å². The molecule has 1 rings (SSSR count). The lowest BCUT2D eigenvalue weighted by Gasteiger charge is -2.10. The lowest BCUT2D eigenvalue weighted by Crippen LogP contribution is -2.02. The molecule has 1 aromatic rings. The molecule has 0 aliphatic carbocycles. The number of aliphatic hydroxyl groups excluding tert-OH is 1. The van der Waals surface area contributed by atoms with E-state index >= 15 is 0 Å². The first kappa shape index (κ1) is 10.8. The van der Waals surface area contributed by atoms with Gasteiger partial charge in [0.2, 0.25) is 0 Å². The van der Waals surface area contributed by atoms with Gasteiger partial charge in [-0.1, -0.05) is 0 Å². The molecule has 0 saturated carbocycles. The first-order chi connectivity index (χ1) is 6.60. The molecule has 0 aliphatic rings. The zero-order valence-electron chi connectivity index (χ0n) is 7.92. The lowest BCUT2D eigenvalue weighted by atomic mass is 10.2. The van der Waals surface area contributed by atoms with Gasteiger partial charge in [0.05, 0.1) is 19.4 Å². The number of hydrogen-bond donors (Lipinski definition) is 1. The normalized spacial score (nSPS) is 10.7. The molecule has 0 saturated heterocycles. The fourth-order valence-corrected chi connectivity index (χ4v) is 1.13. The van der Waals surface area contributed by atoms with E-state index in [1.165, 1.54) is 13.2 Å². The van der Waals surface area contributed by atoms with Crippen molar-refractivity contribution in [2.24, 2.45) is 0 Å². The van der Waals surface area contributed by atoms with Gasteiger partial charge in [0.15, 0.2) is 0 Å². The zero-order valence-corrected chi connectivity index (χ0v) is 7.92. The molecule has 0 spiro atoms. The summed E-state index contributed by atoms with van der Waals surface area (Å²) in [5.41, 5.74) is 0.426. The highest BCUT2D eigenvalue weighted by Crippen LogP contribution is 2.26. The Hall–Kier alpha value is -1.23. The average molecular weight is 203 g/mol. The van der Waals surface area contributed by atoms with Gasteiger partial charge in [0.25, 0.3) is 6.43 Å². The van der Waals surface area contributed by atoms with Crippen molar-refractivity contribution in [3.8, 4) is 5.75 Å². The second-order valence-electron chi connectivity index (χ2n) is 2.78. The molecule has 5 heteroatoms. The largest absolute Gasteiger partial charge is 0.496 e. The molecule has 0 atom stereocenters. The highest BCUT2D eigenvalue weighted by molar-refractivity contribution is 5.37. The van der Waals surface area contributed by atoms with Gasteiger partial charge in [-0.25, -0.2) is 13.8 Å². The van der Waals surface area contributed by atoms with Crippen LogP contribution < -0.4 is 4.74 Å². The van der Waals surface area contributed by atoms with E-state index in [4.69, 9.17) is 9.84 Å². The molecule has 0 bridgehead atoms. The van der Waals surface area contributed by atoms with Crippen molar-refractivity contribution in [3.05, 3.63) is 23.0 Å². The second kappa shape index (κ2) is 4.32. The minimum absolute atomic E-state index is 0.222. The third-order valence-electron chi connectivity index (χ3n) is 1.94. The van der Waals surface area contributed by atoms with E-state index in [1.54, 1.807) is 6.92 Å². The predicted octanol–water partition coefficient (Wildman–Crippen LogP) is 1.83. The Kier molecular flexibility index (Phi) is 3.35. The van der Waals surface area contributed by atoms with Crippen LogP contribution in [-0.4, -0.2) is 17.2 Å². The van der Waals surface area contributed by atoms with Crippen molar-refractivity contribution in [2.75, 3.05) is 7.11 Å². The number of rotatable bonds is 3. The summed E-state index contributed by atoms with van der Waals surface area (Å²) in [5.74, 6) is 0.319. The molecule has 0 amide bonds. The quantitative estimate of drug-likeness (QED) is 0.814. The SMILES string of the molecule is COc1cc(C(F)F)nc(CO)c1C. The molecule has 1 N–H and O–H groups in total. The van der Waals surface area contributed by atoms with E-state index in [1.807, 2.05) is 0 Å². The van der Waals surface area contributed by atoms with Gasteiger partial charge >= 0.3 is 0 Å². The van der Waals surface area contributed by atoms with Crippen LogP contribution in [0.4, 0.5) is 8.78 Å². The Morgan fingerprint density at radius 2 is 2.21 bits per heavy atom. The molecule has 14 heavy (non-hydrogen) atoms. The van der Waals surface area contributed by atoms with Crippen molar-refractivity contribution >= 4 is 0 Å². The second-order valence-corrected chi connectivity index (χ2v) is 2.78. The number of pyridine rings is 1. The third-order valence-corrected chi connectivity index (χ3v) is 1.94. The van der Waals surface area contributed by atoms with Crippen LogP contribution in [0.3, 0.4) is 0 Å². The summed E-state index contributed by atoms with van der Waals surface area (Å²) in [5, 5.41) is 8.88. The van der Waals surface area contributed by atoms with Crippen LogP contribution in [0.15, 0.2) is 6.07 Å². The number of hydrogen-bond acceptors (Lipinski definition) is 3. The molecule has 78 valence electrons. The maximum absolute atomic E-state index is 12.3. The van der Waals surface area contributed by atoms with Gasteiger partial charge in [-0.3, -0.25) is 0 Å². The summed E-state index contributed by atoms with van der Waals surface area (Å²) in [6.45, 7) is 1.29. The maximum atomic E-state index is 12.3. The molecule has 1 heterocycles. The Bertz CT molecular complexity index is 304. The average Bonchev–Trinajstić information content (AvgIpc) is 2.17. The molecule has 1 aromatic heterocycles. The molecule has 0 unspecified atom stereocenters. The summed E-state index contributed by atoms with van der Waals surface area (Å²) < 4.78 is 29.6. The Labute approximate surface area is 80.3 Å². The predicted molar refractivity (Wildman–Crippen MR) is 46.4 cm³/mol. The molecule has 0 aromatic carbocycles. The molecular weight excluding hydrogens is 192 g/mol. The van der Waals surface area contributed by atoms with Crippen LogP contribution in [0.5, 0.6) is 5.75 Å². The highest BCUT2D eigenvalue weighted by Gasteiger charge is 2.14. The standard InChI is InChI=1S/C9H11F2NO2/c1-5-7(4-13)12-6(9(10)11)3-8(5)14-2/h3,9,13H,4H2,1-2H3. The van der Waals surface area contributed by atoms with Gasteiger partial charge < -0.3 is 9.84 Å². The fraction of sp³-hybridized carbons (Fsp3) is 0.444. The van der Waals surface area contributed by atoms with Gasteiger partial charge in [-0.15, -0.1) is 0 Å². The van der Waals surface area contributed by atoms with E-state index in [2.05, 4.69) is 4.98 Å². The van der Waals surface area contributed by atoms with Crippen LogP contribution in [0.1, 0.15) is 23.4 Å². The fourth-order valence-electron chi connectivity index (χ4n) is 1.13. The summed E-state index contributed by atoms with van der Waals surface area (Å²) in [6.07, 6.45) is -2.66. The van der Waals surface area contributed by atoms with Crippen molar-refractivity contribution < 1.29 is 18.6 Å². The van der Waals surface area contributed by atoms with E-state index in [-0.39, 0.29) is 18.0 Å². The number of nitrogens with zero attached hydrogens (tertiary/aromatic N) is 1. The summed E-state index contributed by atoms with van der Waals surface area (Å²) >= 11 is 0. The van der Waals surface area contributed by atoms with Crippen LogP contribution in [0.25, 0.3) is 0 Å². The molecular formula is C9H11F2NO2. The first-order valence-corrected chi connectivity index (χ1v) is 4.03. The topological polar surface area (TPSA) is 42.4 Å². The van der Waals surface area contributed by atoms with Gasteiger partial charge in [-0.05, 0) is 6.92 Å². The number of aromatic nitrogens is 1. The lowest BCUT2D eigenvalue weighted by molar-refractivity contribution is 0.144. The minimum Gasteiger partial charge on any atom is -0.496 e. The van der Waals surface area contributed by atoms with Gasteiger partial charge in [0, 0.05) is 11.6 Å². The van der Waals surface area contributed by atoms with E-state index in [9.17, 15) is 8.78 Å². The Balaban J connectivity index is 3.25. The van der Waals surface area contributed by atoms with Crippen molar-refractivity contribution in [1.82, 2.24) is 4.98 Å². The molecule has 3 nitrogen and oxygen atoms in total. The number of methoxy groups -OCH3 is 1. The molecule has 0 aliphatic heterocycles. The number of alkyl halides is 2. The third kappa shape index (κ3) is 1.98. The Morgan fingerprint density at radius 3 is 2.64 bits per heavy atom. The molecule has 0 fully saturated rings. The zero-order chi connectivity index (χ0) is 10.7. The van der Waals surface area contributed by atoms with E-state index < -0.39 is 6.43 Å². The van der Waals surface area contributed by atoms with Crippen LogP contribution in [0.2, 0.25) is 0 Å². The summed E-state index contributed by atoms with van der Waals surface area (Å²) in [6, 6.07) is 1.18. The summed E-state index contributed by atoms with van der Waals surface area (Å²) in [4.78, 5) is 3.62. The van der Waals surface area contributed by atoms with Crippen LogP contribution in [-0.2, 0) is 6.61 Å². The number of aliphatic hydroxyl groups is 1. The van der Waals surface area contributed by atoms with E-state index in [0.717, 1.165) is 0 Å². The van der Waals surface area contributed by atoms with Crippen molar-refractivity contribution in [1.29, 1.82) is 0 Å². The smallest absolute Gasteiger partial charge is 0.280 e. The Morgan fingerprint density at radius 1 is 1.57 bits per heavy atom. The first-order valence-electron chi connectivity index (χ1n) is 4.03. The van der Waals surface area contributed by atoms with Gasteiger partial charge in [0.1, 0.15) is 11.4 Å². The summed E-state index contributed by atoms with van der Waals surface area (Å²) in [7, 11) is 1.39. The minimum atomic E-state index is -2.66. The van der Waals surface area contributed by atoms with Crippen molar-refractivity contribution in [3.63, 3.8) is 0 Å². The van der Waals surface area contributed by atoms with Crippen LogP contribution in [0, 0.1) is 6.92 Å². The number of halogens is 2.